The largest absolute Gasteiger partial charge is 0.460 e. The van der Waals surface area contributed by atoms with Crippen LogP contribution in [0.4, 0.5) is 0 Å². The number of Topliss-reactive ketones (excluding diaryl/α,β-unsaturated/α-hetero) is 2. The van der Waals surface area contributed by atoms with Crippen molar-refractivity contribution < 1.29 is 19.1 Å². The van der Waals surface area contributed by atoms with Crippen LogP contribution in [0.5, 0.6) is 0 Å². The van der Waals surface area contributed by atoms with E-state index in [0.717, 1.165) is 12.8 Å². The Morgan fingerprint density at radius 3 is 2.41 bits per heavy atom. The molecular formula is C16H26N2O4. The predicted molar refractivity (Wildman–Crippen MR) is 83.0 cm³/mol. The molecule has 0 saturated heterocycles. The third-order valence-corrected chi connectivity index (χ3v) is 3.66. The molecule has 0 aliphatic heterocycles. The number of hydrogen-bond donors (Lipinski definition) is 2. The van der Waals surface area contributed by atoms with Crippen molar-refractivity contribution in [2.75, 3.05) is 13.2 Å². The van der Waals surface area contributed by atoms with Gasteiger partial charge in [-0.15, -0.1) is 0 Å². The van der Waals surface area contributed by atoms with Gasteiger partial charge in [-0.05, 0) is 30.9 Å². The number of ketones is 2. The first-order valence-electron chi connectivity index (χ1n) is 7.65. The minimum Gasteiger partial charge on any atom is -0.460 e. The molecule has 4 N–H and O–H groups in total. The first-order valence-corrected chi connectivity index (χ1v) is 7.65. The van der Waals surface area contributed by atoms with Gasteiger partial charge in [0, 0.05) is 12.8 Å². The molecule has 1 fully saturated rings. The van der Waals surface area contributed by atoms with Crippen LogP contribution in [0.2, 0.25) is 0 Å². The summed E-state index contributed by atoms with van der Waals surface area (Å²) in [5.74, 6) is -0.904. The number of unbranched alkanes of at least 4 members (excludes halogenated alkanes) is 1. The number of nitrogens with two attached hydrogens (primary N) is 2. The van der Waals surface area contributed by atoms with Gasteiger partial charge in [-0.3, -0.25) is 14.4 Å². The molecular weight excluding hydrogens is 284 g/mol. The Labute approximate surface area is 131 Å². The molecule has 6 nitrogen and oxygen atoms in total. The molecule has 0 aromatic carbocycles. The lowest BCUT2D eigenvalue weighted by atomic mass is 9.74. The molecule has 6 heteroatoms. The number of ether oxygens (including phenoxy) is 1. The Hall–Kier alpha value is -1.53. The summed E-state index contributed by atoms with van der Waals surface area (Å²) in [6, 6.07) is -0.693. The fourth-order valence-electron chi connectivity index (χ4n) is 2.45. The molecule has 0 radical (unpaired) electrons. The van der Waals surface area contributed by atoms with Crippen molar-refractivity contribution in [3.8, 4) is 0 Å². The van der Waals surface area contributed by atoms with Crippen molar-refractivity contribution >= 4 is 17.5 Å². The number of carbonyl (C=O) groups is 3. The zero-order valence-corrected chi connectivity index (χ0v) is 13.4. The molecule has 0 heterocycles. The third-order valence-electron chi connectivity index (χ3n) is 3.66. The van der Waals surface area contributed by atoms with Gasteiger partial charge in [0.15, 0.2) is 11.6 Å². The Bertz CT molecular complexity index is 447. The summed E-state index contributed by atoms with van der Waals surface area (Å²) in [5.41, 5.74) is 10.9. The van der Waals surface area contributed by atoms with Crippen LogP contribution in [0.3, 0.4) is 0 Å². The molecule has 0 aromatic rings. The minimum absolute atomic E-state index is 0.101. The van der Waals surface area contributed by atoms with Crippen LogP contribution in [0.15, 0.2) is 11.6 Å². The van der Waals surface area contributed by atoms with Crippen LogP contribution >= 0.6 is 0 Å². The van der Waals surface area contributed by atoms with E-state index in [0.29, 0.717) is 25.8 Å². The van der Waals surface area contributed by atoms with Crippen LogP contribution in [0, 0.1) is 5.41 Å². The van der Waals surface area contributed by atoms with Crippen LogP contribution in [0.1, 0.15) is 46.0 Å². The van der Waals surface area contributed by atoms with E-state index in [1.165, 1.54) is 6.08 Å². The summed E-state index contributed by atoms with van der Waals surface area (Å²) in [6.07, 6.45) is 4.14. The average Bonchev–Trinajstić information content (AvgIpc) is 2.40. The maximum absolute atomic E-state index is 11.9. The Morgan fingerprint density at radius 1 is 1.27 bits per heavy atom. The van der Waals surface area contributed by atoms with Crippen molar-refractivity contribution in [2.24, 2.45) is 16.9 Å². The van der Waals surface area contributed by atoms with Crippen LogP contribution in [-0.4, -0.2) is 36.7 Å². The molecule has 0 aromatic heterocycles. The first-order chi connectivity index (χ1) is 10.3. The number of rotatable bonds is 7. The smallest absolute Gasteiger partial charge is 0.323 e. The number of esters is 1. The summed E-state index contributed by atoms with van der Waals surface area (Å²) < 4.78 is 5.01. The second kappa shape index (κ2) is 8.19. The quantitative estimate of drug-likeness (QED) is 0.312. The Morgan fingerprint density at radius 2 is 1.86 bits per heavy atom. The van der Waals surface area contributed by atoms with Gasteiger partial charge in [-0.2, -0.15) is 0 Å². The molecule has 1 rings (SSSR count). The summed E-state index contributed by atoms with van der Waals surface area (Å²) in [7, 11) is 0. The highest BCUT2D eigenvalue weighted by molar-refractivity contribution is 6.22. The van der Waals surface area contributed by atoms with Crippen LogP contribution in [0.25, 0.3) is 0 Å². The Kier molecular flexibility index (Phi) is 6.90. The van der Waals surface area contributed by atoms with E-state index in [1.54, 1.807) is 0 Å². The molecule has 1 aliphatic rings. The average molecular weight is 310 g/mol. The van der Waals surface area contributed by atoms with Gasteiger partial charge < -0.3 is 16.2 Å². The second-order valence-corrected chi connectivity index (χ2v) is 6.50. The maximum atomic E-state index is 11.9. The van der Waals surface area contributed by atoms with Gasteiger partial charge in [0.1, 0.15) is 12.6 Å². The molecule has 0 amide bonds. The molecule has 0 bridgehead atoms. The second-order valence-electron chi connectivity index (χ2n) is 6.50. The van der Waals surface area contributed by atoms with Gasteiger partial charge in [0.05, 0.1) is 5.57 Å². The van der Waals surface area contributed by atoms with E-state index in [-0.39, 0.29) is 29.2 Å². The molecule has 1 aliphatic carbocycles. The summed E-state index contributed by atoms with van der Waals surface area (Å²) >= 11 is 0. The van der Waals surface area contributed by atoms with Gasteiger partial charge in [0.2, 0.25) is 0 Å². The van der Waals surface area contributed by atoms with Crippen LogP contribution < -0.4 is 11.5 Å². The fraction of sp³-hybridized carbons (Fsp3) is 0.688. The molecule has 1 saturated carbocycles. The fourth-order valence-corrected chi connectivity index (χ4v) is 2.45. The van der Waals surface area contributed by atoms with Gasteiger partial charge in [-0.25, -0.2) is 0 Å². The third kappa shape index (κ3) is 5.69. The monoisotopic (exact) mass is 310 g/mol. The molecule has 1 atom stereocenters. The van der Waals surface area contributed by atoms with Gasteiger partial charge in [-0.1, -0.05) is 20.3 Å². The zero-order valence-electron chi connectivity index (χ0n) is 13.4. The minimum atomic E-state index is -0.693. The summed E-state index contributed by atoms with van der Waals surface area (Å²) in [6.45, 7) is 4.24. The normalized spacial score (nSPS) is 19.0. The van der Waals surface area contributed by atoms with Crippen molar-refractivity contribution in [3.63, 3.8) is 0 Å². The lowest BCUT2D eigenvalue weighted by molar-refractivity contribution is -0.144. The zero-order chi connectivity index (χ0) is 16.8. The van der Waals surface area contributed by atoms with Gasteiger partial charge >= 0.3 is 5.97 Å². The van der Waals surface area contributed by atoms with Crippen molar-refractivity contribution in [1.29, 1.82) is 0 Å². The predicted octanol–water partition coefficient (Wildman–Crippen LogP) is 0.871. The summed E-state index contributed by atoms with van der Waals surface area (Å²) in [5, 5.41) is 0. The van der Waals surface area contributed by atoms with E-state index >= 15 is 0 Å². The topological polar surface area (TPSA) is 112 Å². The van der Waals surface area contributed by atoms with E-state index < -0.39 is 12.0 Å². The maximum Gasteiger partial charge on any atom is 0.323 e. The Balaban J connectivity index is 2.46. The van der Waals surface area contributed by atoms with Crippen molar-refractivity contribution in [3.05, 3.63) is 11.6 Å². The number of carbonyl (C=O) groups excluding carboxylic acids is 3. The van der Waals surface area contributed by atoms with Crippen molar-refractivity contribution in [2.45, 2.75) is 52.0 Å². The van der Waals surface area contributed by atoms with E-state index in [2.05, 4.69) is 0 Å². The molecule has 0 spiro atoms. The lowest BCUT2D eigenvalue weighted by Crippen LogP contribution is -2.33. The standard InChI is InChI=1S/C16H26N2O4/c1-16(2)9-13(19)11(14(20)10-16)6-8-22-15(21)12(18)5-3-4-7-17/h6,12H,3-5,7-10,17-18H2,1-2H3/t12-/m0/s1. The highest BCUT2D eigenvalue weighted by Gasteiger charge is 2.35. The van der Waals surface area contributed by atoms with Gasteiger partial charge in [0.25, 0.3) is 0 Å². The summed E-state index contributed by atoms with van der Waals surface area (Å²) in [4.78, 5) is 35.5. The SMILES string of the molecule is CC1(C)CC(=O)C(=CCOC(=O)[C@@H](N)CCCCN)C(=O)C1. The highest BCUT2D eigenvalue weighted by atomic mass is 16.5. The van der Waals surface area contributed by atoms with Crippen LogP contribution in [-0.2, 0) is 19.1 Å². The highest BCUT2D eigenvalue weighted by Crippen LogP contribution is 2.33. The first kappa shape index (κ1) is 18.5. The van der Waals surface area contributed by atoms with Crippen molar-refractivity contribution in [1.82, 2.24) is 0 Å². The van der Waals surface area contributed by atoms with E-state index in [1.807, 2.05) is 13.8 Å². The molecule has 0 unspecified atom stereocenters. The number of allylic oxidation sites excluding steroid dienone is 1. The molecule has 124 valence electrons. The van der Waals surface area contributed by atoms with E-state index in [9.17, 15) is 14.4 Å². The lowest BCUT2D eigenvalue weighted by Gasteiger charge is -2.28. The van der Waals surface area contributed by atoms with E-state index in [4.69, 9.17) is 16.2 Å². The molecule has 22 heavy (non-hydrogen) atoms. The number of hydrogen-bond acceptors (Lipinski definition) is 6.